The maximum atomic E-state index is 13.1. The summed E-state index contributed by atoms with van der Waals surface area (Å²) < 4.78 is 14.2. The van der Waals surface area contributed by atoms with E-state index in [0.717, 1.165) is 22.1 Å². The Morgan fingerprint density at radius 1 is 1.47 bits per heavy atom. The molecule has 1 nitrogen and oxygen atoms in total. The highest BCUT2D eigenvalue weighted by Gasteiger charge is 2.12. The molecule has 1 atom stereocenters. The van der Waals surface area contributed by atoms with E-state index in [1.165, 1.54) is 10.9 Å². The predicted molar refractivity (Wildman–Crippen MR) is 73.0 cm³/mol. The molecule has 0 radical (unpaired) electrons. The van der Waals surface area contributed by atoms with E-state index in [-0.39, 0.29) is 11.9 Å². The van der Waals surface area contributed by atoms with Crippen molar-refractivity contribution in [1.29, 1.82) is 0 Å². The molecule has 1 N–H and O–H groups in total. The Morgan fingerprint density at radius 3 is 2.88 bits per heavy atom. The van der Waals surface area contributed by atoms with Gasteiger partial charge in [-0.1, -0.05) is 5.57 Å². The fourth-order valence-corrected chi connectivity index (χ4v) is 3.05. The second-order valence-corrected chi connectivity index (χ2v) is 5.45. The molecule has 0 saturated carbocycles. The Balaban J connectivity index is 2.37. The van der Waals surface area contributed by atoms with Crippen molar-refractivity contribution in [2.75, 3.05) is 7.05 Å². The monoisotopic (exact) mass is 249 g/mol. The summed E-state index contributed by atoms with van der Waals surface area (Å²) in [6.45, 7) is 5.97. The second kappa shape index (κ2) is 4.98. The zero-order chi connectivity index (χ0) is 12.4. The SMILES string of the molecule is C=C(C)CC(NC)c1cc2cc(F)ccc2s1. The van der Waals surface area contributed by atoms with Gasteiger partial charge in [0.05, 0.1) is 0 Å². The third kappa shape index (κ3) is 2.73. The molecule has 0 bridgehead atoms. The van der Waals surface area contributed by atoms with E-state index in [2.05, 4.69) is 18.0 Å². The lowest BCUT2D eigenvalue weighted by Crippen LogP contribution is -2.15. The summed E-state index contributed by atoms with van der Waals surface area (Å²) in [6.07, 6.45) is 0.909. The lowest BCUT2D eigenvalue weighted by Gasteiger charge is -2.13. The normalized spacial score (nSPS) is 12.9. The van der Waals surface area contributed by atoms with Crippen LogP contribution in [0.1, 0.15) is 24.3 Å². The van der Waals surface area contributed by atoms with Gasteiger partial charge in [0, 0.05) is 15.6 Å². The molecule has 0 spiro atoms. The summed E-state index contributed by atoms with van der Waals surface area (Å²) in [6, 6.07) is 7.27. The first-order chi connectivity index (χ1) is 8.10. The third-order valence-corrected chi connectivity index (χ3v) is 3.97. The number of nitrogens with one attached hydrogen (secondary N) is 1. The molecule has 1 heterocycles. The zero-order valence-corrected chi connectivity index (χ0v) is 10.9. The molecule has 1 aromatic carbocycles. The summed E-state index contributed by atoms with van der Waals surface area (Å²) >= 11 is 1.71. The maximum Gasteiger partial charge on any atom is 0.123 e. The van der Waals surface area contributed by atoms with Crippen LogP contribution in [0.4, 0.5) is 4.39 Å². The van der Waals surface area contributed by atoms with Gasteiger partial charge in [-0.3, -0.25) is 0 Å². The van der Waals surface area contributed by atoms with Gasteiger partial charge in [-0.25, -0.2) is 4.39 Å². The molecule has 0 aliphatic heterocycles. The summed E-state index contributed by atoms with van der Waals surface area (Å²) in [5, 5.41) is 4.26. The van der Waals surface area contributed by atoms with E-state index in [0.29, 0.717) is 0 Å². The van der Waals surface area contributed by atoms with Gasteiger partial charge in [-0.15, -0.1) is 17.9 Å². The Morgan fingerprint density at radius 2 is 2.24 bits per heavy atom. The zero-order valence-electron chi connectivity index (χ0n) is 10.1. The van der Waals surface area contributed by atoms with Crippen molar-refractivity contribution in [2.24, 2.45) is 0 Å². The minimum Gasteiger partial charge on any atom is -0.312 e. The van der Waals surface area contributed by atoms with Gasteiger partial charge in [0.2, 0.25) is 0 Å². The van der Waals surface area contributed by atoms with Crippen LogP contribution in [0.3, 0.4) is 0 Å². The molecule has 3 heteroatoms. The molecule has 1 aromatic heterocycles. The second-order valence-electron chi connectivity index (χ2n) is 4.33. The summed E-state index contributed by atoms with van der Waals surface area (Å²) in [4.78, 5) is 1.23. The quantitative estimate of drug-likeness (QED) is 0.798. The van der Waals surface area contributed by atoms with Crippen LogP contribution in [-0.4, -0.2) is 7.05 Å². The highest BCUT2D eigenvalue weighted by atomic mass is 32.1. The van der Waals surface area contributed by atoms with Crippen molar-refractivity contribution in [1.82, 2.24) is 5.32 Å². The Kier molecular flexibility index (Phi) is 3.60. The van der Waals surface area contributed by atoms with Gasteiger partial charge in [0.1, 0.15) is 5.82 Å². The fraction of sp³-hybridized carbons (Fsp3) is 0.286. The van der Waals surface area contributed by atoms with Crippen LogP contribution in [0, 0.1) is 5.82 Å². The van der Waals surface area contributed by atoms with E-state index < -0.39 is 0 Å². The van der Waals surface area contributed by atoms with Crippen LogP contribution in [0.5, 0.6) is 0 Å². The molecule has 2 aromatic rings. The van der Waals surface area contributed by atoms with Gasteiger partial charge >= 0.3 is 0 Å². The van der Waals surface area contributed by atoms with Crippen LogP contribution in [0.15, 0.2) is 36.4 Å². The number of halogens is 1. The van der Waals surface area contributed by atoms with E-state index in [1.54, 1.807) is 17.4 Å². The maximum absolute atomic E-state index is 13.1. The van der Waals surface area contributed by atoms with E-state index in [1.807, 2.05) is 20.0 Å². The van der Waals surface area contributed by atoms with Crippen molar-refractivity contribution in [3.63, 3.8) is 0 Å². The molecular weight excluding hydrogens is 233 g/mol. The average molecular weight is 249 g/mol. The molecule has 0 aliphatic rings. The molecule has 0 amide bonds. The summed E-state index contributed by atoms with van der Waals surface area (Å²) in [5.74, 6) is -0.178. The summed E-state index contributed by atoms with van der Waals surface area (Å²) in [5.41, 5.74) is 1.15. The first kappa shape index (κ1) is 12.3. The van der Waals surface area contributed by atoms with Gasteiger partial charge in [-0.05, 0) is 50.0 Å². The number of rotatable bonds is 4. The van der Waals surface area contributed by atoms with Gasteiger partial charge in [0.25, 0.3) is 0 Å². The van der Waals surface area contributed by atoms with Crippen LogP contribution in [0.2, 0.25) is 0 Å². The highest BCUT2D eigenvalue weighted by Crippen LogP contribution is 2.32. The lowest BCUT2D eigenvalue weighted by molar-refractivity contribution is 0.600. The first-order valence-electron chi connectivity index (χ1n) is 5.61. The summed E-state index contributed by atoms with van der Waals surface area (Å²) in [7, 11) is 1.94. The van der Waals surface area contributed by atoms with E-state index in [9.17, 15) is 4.39 Å². The van der Waals surface area contributed by atoms with Crippen LogP contribution >= 0.6 is 11.3 Å². The highest BCUT2D eigenvalue weighted by molar-refractivity contribution is 7.19. The minimum absolute atomic E-state index is 0.178. The Labute approximate surface area is 105 Å². The molecule has 90 valence electrons. The van der Waals surface area contributed by atoms with Crippen molar-refractivity contribution in [2.45, 2.75) is 19.4 Å². The Hall–Kier alpha value is -1.19. The number of hydrogen-bond acceptors (Lipinski definition) is 2. The topological polar surface area (TPSA) is 12.0 Å². The van der Waals surface area contributed by atoms with E-state index in [4.69, 9.17) is 0 Å². The van der Waals surface area contributed by atoms with Gasteiger partial charge in [0.15, 0.2) is 0 Å². The van der Waals surface area contributed by atoms with Crippen LogP contribution < -0.4 is 5.32 Å². The number of benzene rings is 1. The minimum atomic E-state index is -0.178. The van der Waals surface area contributed by atoms with Crippen molar-refractivity contribution < 1.29 is 4.39 Å². The van der Waals surface area contributed by atoms with E-state index >= 15 is 0 Å². The van der Waals surface area contributed by atoms with Crippen molar-refractivity contribution in [3.05, 3.63) is 47.1 Å². The molecular formula is C14H16FNS. The van der Waals surface area contributed by atoms with Crippen LogP contribution in [-0.2, 0) is 0 Å². The molecule has 17 heavy (non-hydrogen) atoms. The lowest BCUT2D eigenvalue weighted by atomic mass is 10.1. The standard InChI is InChI=1S/C14H16FNS/c1-9(2)6-12(16-3)14-8-10-7-11(15)4-5-13(10)17-14/h4-5,7-8,12,16H,1,6H2,2-3H3. The average Bonchev–Trinajstić information content (AvgIpc) is 2.68. The number of thiophene rings is 1. The van der Waals surface area contributed by atoms with Crippen LogP contribution in [0.25, 0.3) is 10.1 Å². The molecule has 2 rings (SSSR count). The number of fused-ring (bicyclic) bond motifs is 1. The molecule has 1 unspecified atom stereocenters. The fourth-order valence-electron chi connectivity index (χ4n) is 1.90. The van der Waals surface area contributed by atoms with Gasteiger partial charge < -0.3 is 5.32 Å². The van der Waals surface area contributed by atoms with Crippen molar-refractivity contribution >= 4 is 21.4 Å². The molecule has 0 aliphatic carbocycles. The molecule has 0 saturated heterocycles. The largest absolute Gasteiger partial charge is 0.312 e. The smallest absolute Gasteiger partial charge is 0.123 e. The Bertz CT molecular complexity index is 544. The number of hydrogen-bond donors (Lipinski definition) is 1. The predicted octanol–water partition coefficient (Wildman–Crippen LogP) is 4.27. The molecule has 0 fully saturated rings. The van der Waals surface area contributed by atoms with Crippen molar-refractivity contribution in [3.8, 4) is 0 Å². The first-order valence-corrected chi connectivity index (χ1v) is 6.42. The third-order valence-electron chi connectivity index (χ3n) is 2.74. The van der Waals surface area contributed by atoms with Gasteiger partial charge in [-0.2, -0.15) is 0 Å².